The minimum atomic E-state index is -2.80. The fraction of sp³-hybridized carbons (Fsp3) is 0.294. The summed E-state index contributed by atoms with van der Waals surface area (Å²) in [6.45, 7) is 0. The lowest BCUT2D eigenvalue weighted by Crippen LogP contribution is -2.61. The lowest BCUT2D eigenvalue weighted by Gasteiger charge is -2.37. The Balaban J connectivity index is 2.47. The average molecular weight is 335 g/mol. The highest BCUT2D eigenvalue weighted by Gasteiger charge is 2.41. The molecular weight excluding hydrogens is 312 g/mol. The van der Waals surface area contributed by atoms with Gasteiger partial charge in [0, 0.05) is 0 Å². The molecule has 22 heavy (non-hydrogen) atoms. The van der Waals surface area contributed by atoms with Gasteiger partial charge in [0.2, 0.25) is 0 Å². The first kappa shape index (κ1) is 17.2. The van der Waals surface area contributed by atoms with Gasteiger partial charge in [0.25, 0.3) is 0 Å². The van der Waals surface area contributed by atoms with Gasteiger partial charge in [-0.05, 0) is 38.6 Å². The Morgan fingerprint density at radius 1 is 0.773 bits per heavy atom. The molecule has 0 heterocycles. The van der Waals surface area contributed by atoms with E-state index in [1.807, 2.05) is 74.4 Å². The number of halogens is 1. The Morgan fingerprint density at radius 3 is 1.45 bits per heavy atom. The first-order valence-corrected chi connectivity index (χ1v) is 10.2. The fourth-order valence-corrected chi connectivity index (χ4v) is 5.98. The van der Waals surface area contributed by atoms with Gasteiger partial charge < -0.3 is 4.43 Å². The van der Waals surface area contributed by atoms with Crippen molar-refractivity contribution in [1.82, 2.24) is 9.80 Å². The van der Waals surface area contributed by atoms with Gasteiger partial charge in [0.05, 0.1) is 0 Å². The van der Waals surface area contributed by atoms with Crippen LogP contribution in [0.1, 0.15) is 0 Å². The molecule has 0 saturated heterocycles. The van der Waals surface area contributed by atoms with E-state index >= 15 is 0 Å². The summed E-state index contributed by atoms with van der Waals surface area (Å²) in [5, 5.41) is 2.10. The van der Waals surface area contributed by atoms with Crippen LogP contribution in [0.25, 0.3) is 0 Å². The van der Waals surface area contributed by atoms with Crippen LogP contribution in [0.15, 0.2) is 60.7 Å². The predicted octanol–water partition coefficient (Wildman–Crippen LogP) is 1.91. The van der Waals surface area contributed by atoms with Crippen LogP contribution in [0, 0.1) is 0 Å². The molecule has 0 radical (unpaired) electrons. The Kier molecular flexibility index (Phi) is 5.78. The Morgan fingerprint density at radius 2 is 1.14 bits per heavy atom. The van der Waals surface area contributed by atoms with E-state index in [-0.39, 0.29) is 6.35 Å². The summed E-state index contributed by atoms with van der Waals surface area (Å²) < 4.78 is 6.49. The van der Waals surface area contributed by atoms with Crippen LogP contribution in [0.3, 0.4) is 0 Å². The molecule has 2 rings (SSSR count). The maximum absolute atomic E-state index is 7.14. The monoisotopic (exact) mass is 334 g/mol. The van der Waals surface area contributed by atoms with Crippen molar-refractivity contribution in [2.45, 2.75) is 6.35 Å². The van der Waals surface area contributed by atoms with Crippen LogP contribution >= 0.6 is 11.1 Å². The fourth-order valence-electron chi connectivity index (χ4n) is 2.43. The van der Waals surface area contributed by atoms with Crippen molar-refractivity contribution in [1.29, 1.82) is 0 Å². The van der Waals surface area contributed by atoms with Gasteiger partial charge in [0.1, 0.15) is 0 Å². The second-order valence-corrected chi connectivity index (χ2v) is 9.88. The van der Waals surface area contributed by atoms with Crippen molar-refractivity contribution < 1.29 is 4.43 Å². The van der Waals surface area contributed by atoms with Crippen LogP contribution in [0.2, 0.25) is 0 Å². The maximum atomic E-state index is 7.14. The van der Waals surface area contributed by atoms with Crippen LogP contribution < -0.4 is 10.4 Å². The zero-order chi connectivity index (χ0) is 16.2. The molecule has 0 aromatic heterocycles. The quantitative estimate of drug-likeness (QED) is 0.456. The second-order valence-electron chi connectivity index (χ2n) is 5.70. The highest BCUT2D eigenvalue weighted by atomic mass is 35.6. The summed E-state index contributed by atoms with van der Waals surface area (Å²) in [4.78, 5) is 4.05. The topological polar surface area (TPSA) is 15.7 Å². The SMILES string of the molecule is CN(C)C(O[Si](Cl)(c1ccccc1)c1ccccc1)N(C)C. The molecule has 0 atom stereocenters. The van der Waals surface area contributed by atoms with E-state index in [2.05, 4.69) is 24.3 Å². The smallest absolute Gasteiger partial charge is 0.357 e. The molecule has 3 nitrogen and oxygen atoms in total. The van der Waals surface area contributed by atoms with Gasteiger partial charge in [-0.3, -0.25) is 9.80 Å². The summed E-state index contributed by atoms with van der Waals surface area (Å²) in [7, 11) is 5.17. The third-order valence-electron chi connectivity index (χ3n) is 3.44. The molecule has 0 N–H and O–H groups in total. The predicted molar refractivity (Wildman–Crippen MR) is 96.0 cm³/mol. The van der Waals surface area contributed by atoms with Gasteiger partial charge in [-0.1, -0.05) is 60.7 Å². The van der Waals surface area contributed by atoms with Crippen molar-refractivity contribution in [2.75, 3.05) is 28.2 Å². The van der Waals surface area contributed by atoms with E-state index in [1.54, 1.807) is 0 Å². The van der Waals surface area contributed by atoms with Gasteiger partial charge >= 0.3 is 7.63 Å². The molecule has 5 heteroatoms. The van der Waals surface area contributed by atoms with E-state index in [0.717, 1.165) is 10.4 Å². The van der Waals surface area contributed by atoms with Crippen LogP contribution in [-0.4, -0.2) is 52.0 Å². The summed E-state index contributed by atoms with van der Waals surface area (Å²) in [5.41, 5.74) is 0. The molecule has 0 bridgehead atoms. The van der Waals surface area contributed by atoms with Crippen molar-refractivity contribution in [3.8, 4) is 0 Å². The van der Waals surface area contributed by atoms with Crippen molar-refractivity contribution in [3.63, 3.8) is 0 Å². The highest BCUT2D eigenvalue weighted by molar-refractivity contribution is 7.30. The molecule has 0 amide bonds. The molecule has 0 fully saturated rings. The highest BCUT2D eigenvalue weighted by Crippen LogP contribution is 2.17. The van der Waals surface area contributed by atoms with Gasteiger partial charge in [-0.2, -0.15) is 0 Å². The third kappa shape index (κ3) is 3.77. The molecular formula is C17H23ClN2OSi. The van der Waals surface area contributed by atoms with E-state index in [4.69, 9.17) is 15.5 Å². The molecule has 0 unspecified atom stereocenters. The summed E-state index contributed by atoms with van der Waals surface area (Å²) in [6, 6.07) is 20.2. The zero-order valence-electron chi connectivity index (χ0n) is 13.5. The Bertz CT molecular complexity index is 530. The summed E-state index contributed by atoms with van der Waals surface area (Å²) >= 11 is 7.14. The van der Waals surface area contributed by atoms with Gasteiger partial charge in [0.15, 0.2) is 6.35 Å². The molecule has 2 aromatic rings. The normalized spacial score (nSPS) is 12.4. The largest absolute Gasteiger partial charge is 0.367 e. The van der Waals surface area contributed by atoms with E-state index < -0.39 is 7.63 Å². The first-order chi connectivity index (χ1) is 10.4. The molecule has 0 aliphatic heterocycles. The third-order valence-corrected chi connectivity index (χ3v) is 7.71. The number of hydrogen-bond donors (Lipinski definition) is 0. The van der Waals surface area contributed by atoms with Crippen LogP contribution in [0.4, 0.5) is 0 Å². The standard InChI is InChI=1S/C17H23ClN2OSi/c1-19(2)17(20(3)4)21-22(18,15-11-7-5-8-12-15)16-13-9-6-10-14-16/h5-14,17H,1-4H3. The average Bonchev–Trinajstić information content (AvgIpc) is 2.53. The van der Waals surface area contributed by atoms with E-state index in [0.29, 0.717) is 0 Å². The number of rotatable bonds is 6. The zero-order valence-corrected chi connectivity index (χ0v) is 15.3. The maximum Gasteiger partial charge on any atom is 0.357 e. The Labute approximate surface area is 138 Å². The van der Waals surface area contributed by atoms with Crippen LogP contribution in [-0.2, 0) is 4.43 Å². The van der Waals surface area contributed by atoms with E-state index in [1.165, 1.54) is 0 Å². The van der Waals surface area contributed by atoms with Crippen molar-refractivity contribution >= 4 is 29.1 Å². The van der Waals surface area contributed by atoms with Crippen molar-refractivity contribution in [3.05, 3.63) is 60.7 Å². The molecule has 2 aromatic carbocycles. The Hall–Kier alpha value is -1.17. The molecule has 0 aliphatic rings. The van der Waals surface area contributed by atoms with E-state index in [9.17, 15) is 0 Å². The number of benzene rings is 2. The summed E-state index contributed by atoms with van der Waals surface area (Å²) in [6.07, 6.45) is -0.190. The lowest BCUT2D eigenvalue weighted by molar-refractivity contribution is -0.0454. The van der Waals surface area contributed by atoms with Crippen molar-refractivity contribution in [2.24, 2.45) is 0 Å². The molecule has 0 spiro atoms. The summed E-state index contributed by atoms with van der Waals surface area (Å²) in [5.74, 6) is 0. The second kappa shape index (κ2) is 7.40. The lowest BCUT2D eigenvalue weighted by atomic mass is 10.4. The molecule has 118 valence electrons. The number of hydrogen-bond acceptors (Lipinski definition) is 3. The number of nitrogens with zero attached hydrogens (tertiary/aromatic N) is 2. The van der Waals surface area contributed by atoms with Gasteiger partial charge in [-0.25, -0.2) is 0 Å². The van der Waals surface area contributed by atoms with Crippen LogP contribution in [0.5, 0.6) is 0 Å². The first-order valence-electron chi connectivity index (χ1n) is 7.26. The van der Waals surface area contributed by atoms with Gasteiger partial charge in [-0.15, -0.1) is 11.1 Å². The minimum Gasteiger partial charge on any atom is -0.367 e. The molecule has 0 saturated carbocycles. The minimum absolute atomic E-state index is 0.190. The molecule has 0 aliphatic carbocycles.